The number of halogens is 2. The van der Waals surface area contributed by atoms with Crippen LogP contribution in [0.5, 0.6) is 0 Å². The molecule has 1 aromatic rings. The fraction of sp³-hybridized carbons (Fsp3) is 0.250. The first kappa shape index (κ1) is 16.5. The molecule has 0 unspecified atom stereocenters. The van der Waals surface area contributed by atoms with E-state index in [4.69, 9.17) is 33.5 Å². The number of benzene rings is 1. The highest BCUT2D eigenvalue weighted by molar-refractivity contribution is 7.91. The van der Waals surface area contributed by atoms with E-state index < -0.39 is 32.6 Å². The Morgan fingerprint density at radius 3 is 2.26 bits per heavy atom. The summed E-state index contributed by atoms with van der Waals surface area (Å²) in [5.74, 6) is -0.702. The predicted molar refractivity (Wildman–Crippen MR) is 70.4 cm³/mol. The van der Waals surface area contributed by atoms with Gasteiger partial charge in [0.15, 0.2) is 9.84 Å². The van der Waals surface area contributed by atoms with Crippen LogP contribution in [0.2, 0.25) is 10.0 Å². The topological polar surface area (TPSA) is 124 Å². The molecule has 0 atom stereocenters. The summed E-state index contributed by atoms with van der Waals surface area (Å²) in [6.45, 7) is -0.751. The van der Waals surface area contributed by atoms with E-state index in [1.165, 1.54) is 6.07 Å². The van der Waals surface area contributed by atoms with Crippen molar-refractivity contribution in [1.29, 1.82) is 0 Å². The smallest absolute Gasteiger partial charge is 0.397 e. The minimum Gasteiger partial charge on any atom is -0.397 e. The molecule has 19 heavy (non-hydrogen) atoms. The maximum atomic E-state index is 11.9. The molecule has 0 saturated heterocycles. The number of nitrogens with two attached hydrogens (primary N) is 1. The maximum Gasteiger partial charge on any atom is 0.397 e. The van der Waals surface area contributed by atoms with Gasteiger partial charge in [-0.25, -0.2) is 12.6 Å². The van der Waals surface area contributed by atoms with Gasteiger partial charge in [0.05, 0.1) is 33.0 Å². The number of hydrogen-bond donors (Lipinski definition) is 2. The molecule has 0 aliphatic heterocycles. The molecule has 11 heteroatoms. The fourth-order valence-electron chi connectivity index (χ4n) is 1.14. The Morgan fingerprint density at radius 1 is 1.16 bits per heavy atom. The van der Waals surface area contributed by atoms with Crippen molar-refractivity contribution in [3.8, 4) is 0 Å². The Kier molecular flexibility index (Phi) is 5.04. The van der Waals surface area contributed by atoms with Crippen molar-refractivity contribution in [2.24, 2.45) is 0 Å². The quantitative estimate of drug-likeness (QED) is 0.603. The number of anilines is 1. The average Bonchev–Trinajstić information content (AvgIpc) is 2.20. The highest BCUT2D eigenvalue weighted by Crippen LogP contribution is 2.30. The molecule has 108 valence electrons. The van der Waals surface area contributed by atoms with Crippen molar-refractivity contribution in [2.75, 3.05) is 18.1 Å². The lowest BCUT2D eigenvalue weighted by Gasteiger charge is -2.08. The van der Waals surface area contributed by atoms with E-state index in [9.17, 15) is 16.8 Å². The summed E-state index contributed by atoms with van der Waals surface area (Å²) < 4.78 is 56.6. The second-order valence-corrected chi connectivity index (χ2v) is 7.36. The van der Waals surface area contributed by atoms with Crippen LogP contribution in [0.15, 0.2) is 17.0 Å². The molecule has 7 nitrogen and oxygen atoms in total. The third-order valence-electron chi connectivity index (χ3n) is 1.97. The molecule has 0 radical (unpaired) electrons. The van der Waals surface area contributed by atoms with Crippen LogP contribution in [-0.2, 0) is 24.4 Å². The van der Waals surface area contributed by atoms with Crippen molar-refractivity contribution in [2.45, 2.75) is 4.90 Å². The van der Waals surface area contributed by atoms with Crippen LogP contribution in [0.4, 0.5) is 5.69 Å². The normalized spacial score (nSPS) is 12.6. The lowest BCUT2D eigenvalue weighted by atomic mass is 10.3. The van der Waals surface area contributed by atoms with E-state index in [1.54, 1.807) is 0 Å². The zero-order valence-electron chi connectivity index (χ0n) is 9.21. The molecule has 0 aromatic heterocycles. The third kappa shape index (κ3) is 4.79. The van der Waals surface area contributed by atoms with Crippen LogP contribution in [0, 0.1) is 0 Å². The molecule has 1 aromatic carbocycles. The highest BCUT2D eigenvalue weighted by atomic mass is 35.5. The fourth-order valence-corrected chi connectivity index (χ4v) is 3.47. The van der Waals surface area contributed by atoms with Gasteiger partial charge in [-0.1, -0.05) is 23.2 Å². The van der Waals surface area contributed by atoms with Crippen molar-refractivity contribution in [3.63, 3.8) is 0 Å². The maximum absolute atomic E-state index is 11.9. The lowest BCUT2D eigenvalue weighted by molar-refractivity contribution is 0.284. The van der Waals surface area contributed by atoms with Crippen LogP contribution >= 0.6 is 23.2 Å². The summed E-state index contributed by atoms with van der Waals surface area (Å²) >= 11 is 11.4. The van der Waals surface area contributed by atoms with Crippen molar-refractivity contribution < 1.29 is 25.6 Å². The molecule has 0 bridgehead atoms. The van der Waals surface area contributed by atoms with E-state index >= 15 is 0 Å². The van der Waals surface area contributed by atoms with E-state index in [1.807, 2.05) is 0 Å². The first-order chi connectivity index (χ1) is 8.53. The minimum absolute atomic E-state index is 0.00123. The summed E-state index contributed by atoms with van der Waals surface area (Å²) in [5.41, 5.74) is 5.55. The van der Waals surface area contributed by atoms with Gasteiger partial charge in [0.1, 0.15) is 0 Å². The van der Waals surface area contributed by atoms with Gasteiger partial charge in [0.2, 0.25) is 0 Å². The van der Waals surface area contributed by atoms with Crippen LogP contribution in [0.1, 0.15) is 0 Å². The molecule has 3 N–H and O–H groups in total. The number of rotatable bonds is 5. The molecular formula is C8H9Cl2NO6S2. The monoisotopic (exact) mass is 349 g/mol. The number of sulfone groups is 1. The number of hydrogen-bond acceptors (Lipinski definition) is 6. The first-order valence-corrected chi connectivity index (χ1v) is 8.39. The first-order valence-electron chi connectivity index (χ1n) is 4.62. The van der Waals surface area contributed by atoms with E-state index in [-0.39, 0.29) is 20.6 Å². The Labute approximate surface area is 120 Å². The Balaban J connectivity index is 2.98. The lowest BCUT2D eigenvalue weighted by Crippen LogP contribution is -2.16. The van der Waals surface area contributed by atoms with Crippen LogP contribution in [0.25, 0.3) is 0 Å². The Hall–Kier alpha value is -0.580. The summed E-state index contributed by atoms with van der Waals surface area (Å²) in [5, 5.41) is -0.146. The second-order valence-electron chi connectivity index (χ2n) is 3.37. The van der Waals surface area contributed by atoms with E-state index in [0.717, 1.165) is 6.07 Å². The molecule has 0 aliphatic rings. The molecule has 0 spiro atoms. The van der Waals surface area contributed by atoms with Gasteiger partial charge in [0.25, 0.3) is 0 Å². The average molecular weight is 350 g/mol. The van der Waals surface area contributed by atoms with Gasteiger partial charge in [-0.05, 0) is 12.1 Å². The van der Waals surface area contributed by atoms with Gasteiger partial charge in [0, 0.05) is 0 Å². The Morgan fingerprint density at radius 2 is 1.74 bits per heavy atom. The second kappa shape index (κ2) is 5.81. The van der Waals surface area contributed by atoms with Crippen LogP contribution in [-0.4, -0.2) is 33.7 Å². The van der Waals surface area contributed by atoms with Gasteiger partial charge in [-0.2, -0.15) is 8.42 Å². The molecule has 0 saturated carbocycles. The van der Waals surface area contributed by atoms with Crippen molar-refractivity contribution in [1.82, 2.24) is 0 Å². The molecule has 0 aliphatic carbocycles. The summed E-state index contributed by atoms with van der Waals surface area (Å²) in [7, 11) is -8.62. The molecular weight excluding hydrogens is 341 g/mol. The van der Waals surface area contributed by atoms with E-state index in [0.29, 0.717) is 0 Å². The summed E-state index contributed by atoms with van der Waals surface area (Å²) in [6.07, 6.45) is 0. The SMILES string of the molecule is Nc1cc(Cl)c(S(=O)(=O)CCOS(=O)(=O)O)cc1Cl. The van der Waals surface area contributed by atoms with Crippen molar-refractivity contribution in [3.05, 3.63) is 22.2 Å². The van der Waals surface area contributed by atoms with Gasteiger partial charge >= 0.3 is 10.4 Å². The largest absolute Gasteiger partial charge is 0.397 e. The van der Waals surface area contributed by atoms with Crippen LogP contribution < -0.4 is 5.73 Å². The van der Waals surface area contributed by atoms with Crippen LogP contribution in [0.3, 0.4) is 0 Å². The minimum atomic E-state index is -4.70. The Bertz CT molecular complexity index is 685. The molecule has 0 fully saturated rings. The highest BCUT2D eigenvalue weighted by Gasteiger charge is 2.21. The van der Waals surface area contributed by atoms with Gasteiger partial charge in [-0.15, -0.1) is 0 Å². The summed E-state index contributed by atoms with van der Waals surface area (Å²) in [6, 6.07) is 2.22. The van der Waals surface area contributed by atoms with Crippen molar-refractivity contribution >= 4 is 49.1 Å². The van der Waals surface area contributed by atoms with Gasteiger partial charge < -0.3 is 5.73 Å². The molecule has 1 rings (SSSR count). The standard InChI is InChI=1S/C8H9Cl2NO6S2/c9-5-4-8(6(10)3-7(5)11)18(12,13)2-1-17-19(14,15)16/h3-4H,1-2,11H2,(H,14,15,16). The van der Waals surface area contributed by atoms with Gasteiger partial charge in [-0.3, -0.25) is 4.55 Å². The zero-order chi connectivity index (χ0) is 14.8. The predicted octanol–water partition coefficient (Wildman–Crippen LogP) is 1.17. The molecule has 0 amide bonds. The summed E-state index contributed by atoms with van der Waals surface area (Å²) in [4.78, 5) is -0.299. The zero-order valence-corrected chi connectivity index (χ0v) is 12.4. The molecule has 0 heterocycles. The number of nitrogen functional groups attached to an aromatic ring is 1. The van der Waals surface area contributed by atoms with E-state index in [2.05, 4.69) is 4.18 Å². The third-order valence-corrected chi connectivity index (χ3v) is 4.90.